The van der Waals surface area contributed by atoms with Crippen LogP contribution in [0.15, 0.2) is 36.4 Å². The molecule has 0 bridgehead atoms. The number of H-pyrrole nitrogens is 1. The van der Waals surface area contributed by atoms with Gasteiger partial charge in [0.25, 0.3) is 0 Å². The van der Waals surface area contributed by atoms with Gasteiger partial charge in [0.1, 0.15) is 5.75 Å². The number of fused-ring (bicyclic) bond motifs is 1. The summed E-state index contributed by atoms with van der Waals surface area (Å²) in [7, 11) is 1.66. The van der Waals surface area contributed by atoms with E-state index in [2.05, 4.69) is 21.6 Å². The largest absolute Gasteiger partial charge is 0.497 e. The minimum Gasteiger partial charge on any atom is -0.497 e. The summed E-state index contributed by atoms with van der Waals surface area (Å²) in [5, 5.41) is 12.2. The van der Waals surface area contributed by atoms with Crippen molar-refractivity contribution in [1.29, 1.82) is 0 Å². The van der Waals surface area contributed by atoms with Crippen molar-refractivity contribution in [1.82, 2.24) is 15.5 Å². The number of aromatic amines is 1. The minimum absolute atomic E-state index is 0.00238. The molecule has 2 N–H and O–H groups in total. The highest BCUT2D eigenvalue weighted by molar-refractivity contribution is 5.85. The number of hydrogen-bond acceptors (Lipinski definition) is 3. The Morgan fingerprint density at radius 1 is 1.17 bits per heavy atom. The van der Waals surface area contributed by atoms with E-state index in [1.807, 2.05) is 44.2 Å². The topological polar surface area (TPSA) is 67.0 Å². The zero-order chi connectivity index (χ0) is 17.1. The average molecular weight is 323 g/mol. The fraction of sp³-hybridized carbons (Fsp3) is 0.263. The molecule has 0 aliphatic heterocycles. The monoisotopic (exact) mass is 323 g/mol. The fourth-order valence-corrected chi connectivity index (χ4v) is 2.77. The number of nitrogens with one attached hydrogen (secondary N) is 2. The number of carbonyl (C=O) groups is 1. The normalized spacial score (nSPS) is 10.8. The molecular formula is C19H21N3O2. The van der Waals surface area contributed by atoms with Gasteiger partial charge >= 0.3 is 0 Å². The van der Waals surface area contributed by atoms with Crippen LogP contribution in [0, 0.1) is 13.8 Å². The highest BCUT2D eigenvalue weighted by Crippen LogP contribution is 2.21. The molecule has 1 heterocycles. The van der Waals surface area contributed by atoms with Crippen molar-refractivity contribution in [2.45, 2.75) is 26.8 Å². The molecule has 0 aliphatic carbocycles. The van der Waals surface area contributed by atoms with Crippen molar-refractivity contribution in [3.05, 3.63) is 58.9 Å². The second-order valence-corrected chi connectivity index (χ2v) is 5.91. The van der Waals surface area contributed by atoms with Crippen LogP contribution in [0.5, 0.6) is 5.75 Å². The van der Waals surface area contributed by atoms with E-state index in [4.69, 9.17) is 4.74 Å². The molecule has 0 radical (unpaired) electrons. The van der Waals surface area contributed by atoms with E-state index in [0.29, 0.717) is 13.0 Å². The smallest absolute Gasteiger partial charge is 0.224 e. The van der Waals surface area contributed by atoms with Crippen LogP contribution in [0.4, 0.5) is 0 Å². The molecule has 3 aromatic rings. The van der Waals surface area contributed by atoms with Gasteiger partial charge in [-0.05, 0) is 48.4 Å². The van der Waals surface area contributed by atoms with Crippen LogP contribution in [0.3, 0.4) is 0 Å². The molecule has 3 rings (SSSR count). The van der Waals surface area contributed by atoms with Crippen molar-refractivity contribution in [2.75, 3.05) is 7.11 Å². The Balaban J connectivity index is 1.66. The minimum atomic E-state index is -0.00238. The van der Waals surface area contributed by atoms with E-state index in [1.54, 1.807) is 7.11 Å². The van der Waals surface area contributed by atoms with Crippen LogP contribution >= 0.6 is 0 Å². The second kappa shape index (κ2) is 6.74. The maximum absolute atomic E-state index is 12.2. The van der Waals surface area contributed by atoms with Crippen LogP contribution in [0.1, 0.15) is 22.5 Å². The quantitative estimate of drug-likeness (QED) is 0.758. The Morgan fingerprint density at radius 2 is 1.92 bits per heavy atom. The second-order valence-electron chi connectivity index (χ2n) is 5.91. The first kappa shape index (κ1) is 16.1. The first-order valence-electron chi connectivity index (χ1n) is 7.90. The lowest BCUT2D eigenvalue weighted by molar-refractivity contribution is -0.120. The number of aromatic nitrogens is 2. The van der Waals surface area contributed by atoms with Gasteiger partial charge in [-0.3, -0.25) is 9.89 Å². The molecular weight excluding hydrogens is 302 g/mol. The lowest BCUT2D eigenvalue weighted by atomic mass is 10.1. The van der Waals surface area contributed by atoms with E-state index in [0.717, 1.165) is 39.0 Å². The Morgan fingerprint density at radius 3 is 2.62 bits per heavy atom. The van der Waals surface area contributed by atoms with E-state index in [-0.39, 0.29) is 5.91 Å². The molecule has 2 aromatic carbocycles. The van der Waals surface area contributed by atoms with Gasteiger partial charge in [-0.15, -0.1) is 0 Å². The van der Waals surface area contributed by atoms with E-state index < -0.39 is 0 Å². The Hall–Kier alpha value is -2.82. The number of nitrogens with zero attached hydrogens (tertiary/aromatic N) is 1. The van der Waals surface area contributed by atoms with Crippen molar-refractivity contribution in [3.63, 3.8) is 0 Å². The third-order valence-electron chi connectivity index (χ3n) is 4.22. The standard InChI is InChI=1S/C19H21N3O2/c1-12-18(13(2)22-21-12)10-19(23)20-11-14-4-5-16-9-17(24-3)7-6-15(16)8-14/h4-9H,10-11H2,1-3H3,(H,20,23)(H,21,22). The number of methoxy groups -OCH3 is 1. The van der Waals surface area contributed by atoms with Crippen LogP contribution in [-0.4, -0.2) is 23.2 Å². The summed E-state index contributed by atoms with van der Waals surface area (Å²) in [6.45, 7) is 4.35. The van der Waals surface area contributed by atoms with Gasteiger partial charge in [-0.1, -0.05) is 18.2 Å². The molecule has 0 saturated carbocycles. The molecule has 0 saturated heterocycles. The lowest BCUT2D eigenvalue weighted by Gasteiger charge is -2.08. The van der Waals surface area contributed by atoms with Gasteiger partial charge in [0.15, 0.2) is 0 Å². The van der Waals surface area contributed by atoms with Gasteiger partial charge < -0.3 is 10.1 Å². The summed E-state index contributed by atoms with van der Waals surface area (Å²) < 4.78 is 5.24. The van der Waals surface area contributed by atoms with Crippen molar-refractivity contribution in [3.8, 4) is 5.75 Å². The molecule has 0 spiro atoms. The van der Waals surface area contributed by atoms with Gasteiger partial charge in [0.2, 0.25) is 5.91 Å². The van der Waals surface area contributed by atoms with Gasteiger partial charge in [-0.25, -0.2) is 0 Å². The molecule has 5 nitrogen and oxygen atoms in total. The number of amides is 1. The number of aryl methyl sites for hydroxylation is 2. The first-order valence-corrected chi connectivity index (χ1v) is 7.90. The number of ether oxygens (including phenoxy) is 1. The lowest BCUT2D eigenvalue weighted by Crippen LogP contribution is -2.24. The van der Waals surface area contributed by atoms with Gasteiger partial charge in [0, 0.05) is 17.8 Å². The molecule has 1 amide bonds. The molecule has 0 atom stereocenters. The predicted octanol–water partition coefficient (Wildman–Crippen LogP) is 3.05. The van der Waals surface area contributed by atoms with Crippen LogP contribution in [0.25, 0.3) is 10.8 Å². The van der Waals surface area contributed by atoms with E-state index in [1.165, 1.54) is 0 Å². The number of rotatable bonds is 5. The summed E-state index contributed by atoms with van der Waals surface area (Å²) in [6.07, 6.45) is 0.346. The van der Waals surface area contributed by atoms with E-state index in [9.17, 15) is 4.79 Å². The summed E-state index contributed by atoms with van der Waals surface area (Å²) in [5.74, 6) is 0.840. The molecule has 0 unspecified atom stereocenters. The Bertz CT molecular complexity index is 864. The summed E-state index contributed by atoms with van der Waals surface area (Å²) >= 11 is 0. The third-order valence-corrected chi connectivity index (χ3v) is 4.22. The maximum Gasteiger partial charge on any atom is 0.224 e. The maximum atomic E-state index is 12.2. The highest BCUT2D eigenvalue weighted by atomic mass is 16.5. The van der Waals surface area contributed by atoms with Gasteiger partial charge in [0.05, 0.1) is 19.2 Å². The highest BCUT2D eigenvalue weighted by Gasteiger charge is 2.11. The predicted molar refractivity (Wildman–Crippen MR) is 94.1 cm³/mol. The number of carbonyl (C=O) groups excluding carboxylic acids is 1. The Kier molecular flexibility index (Phi) is 4.51. The molecule has 0 fully saturated rings. The summed E-state index contributed by atoms with van der Waals surface area (Å²) in [5.41, 5.74) is 3.87. The van der Waals surface area contributed by atoms with Crippen LogP contribution in [-0.2, 0) is 17.8 Å². The molecule has 5 heteroatoms. The molecule has 1 aromatic heterocycles. The zero-order valence-corrected chi connectivity index (χ0v) is 14.1. The molecule has 0 aliphatic rings. The SMILES string of the molecule is COc1ccc2cc(CNC(=O)Cc3c(C)n[nH]c3C)ccc2c1. The molecule has 24 heavy (non-hydrogen) atoms. The number of hydrogen-bond donors (Lipinski definition) is 2. The summed E-state index contributed by atoms with van der Waals surface area (Å²) in [6, 6.07) is 12.1. The Labute approximate surface area is 141 Å². The zero-order valence-electron chi connectivity index (χ0n) is 14.1. The number of benzene rings is 2. The van der Waals surface area contributed by atoms with Crippen molar-refractivity contribution >= 4 is 16.7 Å². The van der Waals surface area contributed by atoms with E-state index >= 15 is 0 Å². The summed E-state index contributed by atoms with van der Waals surface area (Å²) in [4.78, 5) is 12.2. The van der Waals surface area contributed by atoms with Crippen LogP contribution in [0.2, 0.25) is 0 Å². The fourth-order valence-electron chi connectivity index (χ4n) is 2.77. The van der Waals surface area contributed by atoms with Crippen molar-refractivity contribution < 1.29 is 9.53 Å². The first-order chi connectivity index (χ1) is 11.6. The van der Waals surface area contributed by atoms with Crippen LogP contribution < -0.4 is 10.1 Å². The van der Waals surface area contributed by atoms with Gasteiger partial charge in [-0.2, -0.15) is 5.10 Å². The average Bonchev–Trinajstić information content (AvgIpc) is 2.91. The molecule has 124 valence electrons. The third kappa shape index (κ3) is 3.40. The van der Waals surface area contributed by atoms with Crippen molar-refractivity contribution in [2.24, 2.45) is 0 Å².